The van der Waals surface area contributed by atoms with Gasteiger partial charge in [-0.05, 0) is 6.07 Å². The molecule has 0 amide bonds. The minimum absolute atomic E-state index is 0. The molecule has 1 heterocycles. The molecule has 0 saturated heterocycles. The third-order valence-electron chi connectivity index (χ3n) is 1.19. The van der Waals surface area contributed by atoms with Crippen LogP contribution in [-0.4, -0.2) is 22.7 Å². The van der Waals surface area contributed by atoms with Crippen LogP contribution in [0.5, 0.6) is 5.88 Å². The monoisotopic (exact) mass is 295 g/mol. The van der Waals surface area contributed by atoms with E-state index in [2.05, 4.69) is 4.98 Å². The molecule has 1 aromatic heterocycles. The number of pyridine rings is 1. The number of carbonyl (C=O) groups is 1. The molecule has 0 bridgehead atoms. The summed E-state index contributed by atoms with van der Waals surface area (Å²) in [5.74, 6) is -1.18. The normalized spacial score (nSPS) is 9.27. The van der Waals surface area contributed by atoms with E-state index in [-0.39, 0.29) is 73.9 Å². The summed E-state index contributed by atoms with van der Waals surface area (Å²) in [7, 11) is 0. The van der Waals surface area contributed by atoms with E-state index in [4.69, 9.17) is 44.6 Å². The van der Waals surface area contributed by atoms with Crippen LogP contribution in [0.2, 0.25) is 15.2 Å². The fourth-order valence-electron chi connectivity index (χ4n) is 0.660. The SMILES string of the molecule is O=C(O)COc1nc(Cl)c(Cl)cc1Cl.[H-].[K+]. The number of hydrogen-bond acceptors (Lipinski definition) is 3. The van der Waals surface area contributed by atoms with E-state index in [1.807, 2.05) is 0 Å². The molecule has 8 heteroatoms. The molecule has 1 rings (SSSR count). The summed E-state index contributed by atoms with van der Waals surface area (Å²) >= 11 is 16.8. The number of hydrogen-bond donors (Lipinski definition) is 1. The number of aliphatic carboxylic acids is 1. The van der Waals surface area contributed by atoms with Crippen molar-refractivity contribution in [1.29, 1.82) is 0 Å². The van der Waals surface area contributed by atoms with Crippen molar-refractivity contribution in [3.63, 3.8) is 0 Å². The van der Waals surface area contributed by atoms with E-state index < -0.39 is 12.6 Å². The molecule has 1 N–H and O–H groups in total. The zero-order chi connectivity index (χ0) is 10.7. The second-order valence-corrected chi connectivity index (χ2v) is 3.40. The number of ether oxygens (including phenoxy) is 1. The van der Waals surface area contributed by atoms with Gasteiger partial charge in [0, 0.05) is 0 Å². The van der Waals surface area contributed by atoms with Gasteiger partial charge in [0.25, 0.3) is 0 Å². The number of carboxylic acid groups (broad SMARTS) is 1. The van der Waals surface area contributed by atoms with Gasteiger partial charge in [-0.15, -0.1) is 0 Å². The van der Waals surface area contributed by atoms with Gasteiger partial charge in [-0.2, -0.15) is 4.98 Å². The molecule has 15 heavy (non-hydrogen) atoms. The van der Waals surface area contributed by atoms with Crippen LogP contribution in [-0.2, 0) is 4.79 Å². The first-order chi connectivity index (χ1) is 6.50. The van der Waals surface area contributed by atoms with Crippen LogP contribution in [0.4, 0.5) is 0 Å². The maximum atomic E-state index is 10.2. The van der Waals surface area contributed by atoms with Gasteiger partial charge in [-0.1, -0.05) is 34.8 Å². The van der Waals surface area contributed by atoms with Gasteiger partial charge in [-0.25, -0.2) is 4.79 Å². The Morgan fingerprint density at radius 1 is 1.47 bits per heavy atom. The van der Waals surface area contributed by atoms with Crippen molar-refractivity contribution in [3.8, 4) is 5.88 Å². The topological polar surface area (TPSA) is 59.4 Å². The standard InChI is InChI=1S/C7H4Cl3NO3.K.H/c8-3-1-4(9)7(11-6(3)10)14-2-5(12)13;;/h1H,2H2,(H,12,13);;/q;+1;-1. The number of nitrogens with zero attached hydrogens (tertiary/aromatic N) is 1. The molecular formula is C7H5Cl3KNO3. The van der Waals surface area contributed by atoms with Crippen LogP contribution < -0.4 is 56.1 Å². The van der Waals surface area contributed by atoms with E-state index >= 15 is 0 Å². The molecule has 0 spiro atoms. The van der Waals surface area contributed by atoms with Crippen LogP contribution in [0.25, 0.3) is 0 Å². The van der Waals surface area contributed by atoms with Gasteiger partial charge in [0.05, 0.1) is 5.02 Å². The summed E-state index contributed by atoms with van der Waals surface area (Å²) in [6.07, 6.45) is 0. The van der Waals surface area contributed by atoms with Gasteiger partial charge in [-0.3, -0.25) is 0 Å². The zero-order valence-electron chi connectivity index (χ0n) is 8.63. The third kappa shape index (κ3) is 5.19. The maximum Gasteiger partial charge on any atom is 1.00 e. The van der Waals surface area contributed by atoms with Gasteiger partial charge >= 0.3 is 57.4 Å². The van der Waals surface area contributed by atoms with Gasteiger partial charge in [0.1, 0.15) is 5.02 Å². The van der Waals surface area contributed by atoms with Crippen molar-refractivity contribution in [2.75, 3.05) is 6.61 Å². The molecule has 4 nitrogen and oxygen atoms in total. The summed E-state index contributed by atoms with van der Waals surface area (Å²) in [6, 6.07) is 1.33. The van der Waals surface area contributed by atoms with Crippen LogP contribution in [0.3, 0.4) is 0 Å². The molecule has 0 aromatic carbocycles. The predicted molar refractivity (Wildman–Crippen MR) is 53.5 cm³/mol. The molecule has 0 atom stereocenters. The average molecular weight is 297 g/mol. The quantitative estimate of drug-likeness (QED) is 0.610. The smallest absolute Gasteiger partial charge is 1.00 e. The van der Waals surface area contributed by atoms with E-state index in [1.165, 1.54) is 6.07 Å². The van der Waals surface area contributed by atoms with Crippen molar-refractivity contribution in [3.05, 3.63) is 21.3 Å². The summed E-state index contributed by atoms with van der Waals surface area (Å²) in [4.78, 5) is 13.8. The van der Waals surface area contributed by atoms with E-state index in [9.17, 15) is 4.79 Å². The predicted octanol–water partition coefficient (Wildman–Crippen LogP) is -0.378. The Morgan fingerprint density at radius 3 is 2.60 bits per heavy atom. The number of halogens is 3. The summed E-state index contributed by atoms with van der Waals surface area (Å²) in [5, 5.41) is 8.64. The molecule has 0 aliphatic rings. The zero-order valence-corrected chi connectivity index (χ0v) is 13.0. The Kier molecular flexibility index (Phi) is 7.74. The molecule has 0 radical (unpaired) electrons. The molecule has 0 aliphatic heterocycles. The molecule has 0 fully saturated rings. The third-order valence-corrected chi connectivity index (χ3v) is 2.13. The van der Waals surface area contributed by atoms with Crippen molar-refractivity contribution in [2.24, 2.45) is 0 Å². The second-order valence-electron chi connectivity index (χ2n) is 2.23. The van der Waals surface area contributed by atoms with Crippen LogP contribution in [0, 0.1) is 0 Å². The number of carboxylic acids is 1. The fraction of sp³-hybridized carbons (Fsp3) is 0.143. The van der Waals surface area contributed by atoms with E-state index in [1.54, 1.807) is 0 Å². The first-order valence-electron chi connectivity index (χ1n) is 3.37. The Balaban J connectivity index is 0. The Labute approximate surface area is 145 Å². The van der Waals surface area contributed by atoms with Crippen LogP contribution in [0.15, 0.2) is 6.07 Å². The molecule has 78 valence electrons. The van der Waals surface area contributed by atoms with Crippen LogP contribution in [0.1, 0.15) is 1.43 Å². The number of aromatic nitrogens is 1. The second kappa shape index (κ2) is 7.29. The average Bonchev–Trinajstić information content (AvgIpc) is 2.09. The van der Waals surface area contributed by atoms with Crippen molar-refractivity contribution < 1.29 is 67.4 Å². The fourth-order valence-corrected chi connectivity index (χ4v) is 1.20. The summed E-state index contributed by atoms with van der Waals surface area (Å²) < 4.78 is 4.75. The Bertz CT molecular complexity index is 380. The van der Waals surface area contributed by atoms with E-state index in [0.29, 0.717) is 0 Å². The molecule has 0 unspecified atom stereocenters. The Hall–Kier alpha value is 0.926. The first kappa shape index (κ1) is 15.9. The van der Waals surface area contributed by atoms with Gasteiger partial charge in [0.2, 0.25) is 5.88 Å². The number of rotatable bonds is 3. The van der Waals surface area contributed by atoms with Crippen molar-refractivity contribution in [2.45, 2.75) is 0 Å². The van der Waals surface area contributed by atoms with Gasteiger partial charge < -0.3 is 11.3 Å². The van der Waals surface area contributed by atoms with Crippen molar-refractivity contribution >= 4 is 40.8 Å². The minimum Gasteiger partial charge on any atom is -1.00 e. The summed E-state index contributed by atoms with van der Waals surface area (Å²) in [5.41, 5.74) is 0. The van der Waals surface area contributed by atoms with Crippen molar-refractivity contribution in [1.82, 2.24) is 4.98 Å². The largest absolute Gasteiger partial charge is 1.00 e. The summed E-state index contributed by atoms with van der Waals surface area (Å²) in [6.45, 7) is -0.537. The van der Waals surface area contributed by atoms with Gasteiger partial charge in [0.15, 0.2) is 11.8 Å². The first-order valence-corrected chi connectivity index (χ1v) is 4.50. The van der Waals surface area contributed by atoms with Crippen LogP contribution >= 0.6 is 34.8 Å². The Morgan fingerprint density at radius 2 is 2.07 bits per heavy atom. The maximum absolute atomic E-state index is 10.2. The molecule has 1 aromatic rings. The molecule has 0 aliphatic carbocycles. The minimum atomic E-state index is -1.13. The molecule has 0 saturated carbocycles. The molecular weight excluding hydrogens is 292 g/mol. The van der Waals surface area contributed by atoms with E-state index in [0.717, 1.165) is 0 Å².